The molecular formula is C13H18FNO3. The fourth-order valence-corrected chi connectivity index (χ4v) is 2.11. The zero-order chi connectivity index (χ0) is 13.0. The molecule has 2 rings (SSSR count). The van der Waals surface area contributed by atoms with Crippen LogP contribution < -0.4 is 10.1 Å². The summed E-state index contributed by atoms with van der Waals surface area (Å²) in [5, 5.41) is 3.23. The summed E-state index contributed by atoms with van der Waals surface area (Å²) in [6, 6.07) is 3.15. The van der Waals surface area contributed by atoms with Gasteiger partial charge in [-0.2, -0.15) is 0 Å². The molecule has 1 aromatic carbocycles. The Hall–Kier alpha value is -1.17. The molecule has 1 aromatic rings. The number of rotatable bonds is 4. The number of benzene rings is 1. The molecule has 1 N–H and O–H groups in total. The van der Waals surface area contributed by atoms with E-state index in [2.05, 4.69) is 5.32 Å². The molecule has 1 aliphatic heterocycles. The van der Waals surface area contributed by atoms with Crippen molar-refractivity contribution in [3.05, 3.63) is 29.1 Å². The van der Waals surface area contributed by atoms with Gasteiger partial charge in [0.15, 0.2) is 11.6 Å². The Balaban J connectivity index is 2.33. The molecular weight excluding hydrogens is 237 g/mol. The summed E-state index contributed by atoms with van der Waals surface area (Å²) >= 11 is 0. The van der Waals surface area contributed by atoms with E-state index in [9.17, 15) is 4.39 Å². The number of hydrogen-bond donors (Lipinski definition) is 1. The first-order valence-corrected chi connectivity index (χ1v) is 5.93. The van der Waals surface area contributed by atoms with Gasteiger partial charge < -0.3 is 19.5 Å². The van der Waals surface area contributed by atoms with Gasteiger partial charge in [0, 0.05) is 20.2 Å². The molecule has 4 nitrogen and oxygen atoms in total. The second kappa shape index (κ2) is 6.13. The van der Waals surface area contributed by atoms with Crippen LogP contribution in [-0.4, -0.2) is 33.9 Å². The molecule has 0 amide bonds. The van der Waals surface area contributed by atoms with Gasteiger partial charge in [-0.15, -0.1) is 0 Å². The lowest BCUT2D eigenvalue weighted by Crippen LogP contribution is -2.33. The highest BCUT2D eigenvalue weighted by molar-refractivity contribution is 5.38. The largest absolute Gasteiger partial charge is 0.494 e. The maximum Gasteiger partial charge on any atom is 0.165 e. The molecule has 0 bridgehead atoms. The molecule has 1 unspecified atom stereocenters. The van der Waals surface area contributed by atoms with Crippen LogP contribution in [0.4, 0.5) is 4.39 Å². The van der Waals surface area contributed by atoms with E-state index >= 15 is 0 Å². The van der Waals surface area contributed by atoms with E-state index in [1.807, 2.05) is 0 Å². The van der Waals surface area contributed by atoms with Crippen LogP contribution in [0.3, 0.4) is 0 Å². The van der Waals surface area contributed by atoms with E-state index in [1.54, 1.807) is 13.2 Å². The van der Waals surface area contributed by atoms with Gasteiger partial charge in [-0.05, 0) is 23.3 Å². The van der Waals surface area contributed by atoms with Crippen molar-refractivity contribution in [1.82, 2.24) is 5.32 Å². The Morgan fingerprint density at radius 2 is 2.28 bits per heavy atom. The lowest BCUT2D eigenvalue weighted by molar-refractivity contribution is 0.0258. The minimum absolute atomic E-state index is 0.135. The van der Waals surface area contributed by atoms with Crippen molar-refractivity contribution in [2.75, 3.05) is 33.9 Å². The van der Waals surface area contributed by atoms with Crippen LogP contribution >= 0.6 is 0 Å². The van der Waals surface area contributed by atoms with Crippen LogP contribution in [0.2, 0.25) is 0 Å². The minimum atomic E-state index is -0.374. The summed E-state index contributed by atoms with van der Waals surface area (Å²) in [6.07, 6.45) is -0.135. The zero-order valence-electron chi connectivity index (χ0n) is 10.7. The van der Waals surface area contributed by atoms with Crippen molar-refractivity contribution in [2.24, 2.45) is 0 Å². The number of hydrogen-bond acceptors (Lipinski definition) is 4. The molecule has 1 heterocycles. The SMILES string of the molecule is COCc1cc(OC)c(F)cc1C1CNCCO1. The molecule has 18 heavy (non-hydrogen) atoms. The summed E-state index contributed by atoms with van der Waals surface area (Å²) < 4.78 is 29.6. The van der Waals surface area contributed by atoms with Gasteiger partial charge in [-0.25, -0.2) is 4.39 Å². The van der Waals surface area contributed by atoms with E-state index in [0.717, 1.165) is 17.7 Å². The normalized spacial score (nSPS) is 19.8. The number of methoxy groups -OCH3 is 2. The summed E-state index contributed by atoms with van der Waals surface area (Å²) in [5.41, 5.74) is 1.71. The van der Waals surface area contributed by atoms with Crippen molar-refractivity contribution in [1.29, 1.82) is 0 Å². The van der Waals surface area contributed by atoms with E-state index < -0.39 is 0 Å². The maximum absolute atomic E-state index is 13.8. The van der Waals surface area contributed by atoms with Crippen LogP contribution in [0.25, 0.3) is 0 Å². The molecule has 0 aliphatic carbocycles. The third kappa shape index (κ3) is 2.80. The van der Waals surface area contributed by atoms with Gasteiger partial charge in [0.2, 0.25) is 0 Å². The van der Waals surface area contributed by atoms with Crippen LogP contribution in [0.5, 0.6) is 5.75 Å². The Morgan fingerprint density at radius 1 is 1.44 bits per heavy atom. The van der Waals surface area contributed by atoms with Crippen molar-refractivity contribution in [3.8, 4) is 5.75 Å². The smallest absolute Gasteiger partial charge is 0.165 e. The van der Waals surface area contributed by atoms with Gasteiger partial charge in [-0.3, -0.25) is 0 Å². The van der Waals surface area contributed by atoms with E-state index in [0.29, 0.717) is 19.8 Å². The third-order valence-corrected chi connectivity index (χ3v) is 2.99. The number of halogens is 1. The van der Waals surface area contributed by atoms with Crippen molar-refractivity contribution in [3.63, 3.8) is 0 Å². The molecule has 100 valence electrons. The summed E-state index contributed by atoms with van der Waals surface area (Å²) in [6.45, 7) is 2.55. The zero-order valence-corrected chi connectivity index (χ0v) is 10.7. The molecule has 5 heteroatoms. The predicted octanol–water partition coefficient (Wildman–Crippen LogP) is 1.64. The lowest BCUT2D eigenvalue weighted by atomic mass is 10.0. The van der Waals surface area contributed by atoms with Crippen molar-refractivity contribution < 1.29 is 18.6 Å². The standard InChI is InChI=1S/C13H18FNO3/c1-16-8-9-5-12(17-2)11(14)6-10(9)13-7-15-3-4-18-13/h5-6,13,15H,3-4,7-8H2,1-2H3. The average Bonchev–Trinajstić information content (AvgIpc) is 2.41. The number of ether oxygens (including phenoxy) is 3. The first kappa shape index (κ1) is 13.3. The highest BCUT2D eigenvalue weighted by Gasteiger charge is 2.21. The number of morpholine rings is 1. The minimum Gasteiger partial charge on any atom is -0.494 e. The molecule has 1 fully saturated rings. The molecule has 1 atom stereocenters. The van der Waals surface area contributed by atoms with Crippen LogP contribution in [-0.2, 0) is 16.1 Å². The molecule has 0 saturated carbocycles. The first-order chi connectivity index (χ1) is 8.76. The van der Waals surface area contributed by atoms with Gasteiger partial charge in [0.1, 0.15) is 0 Å². The van der Waals surface area contributed by atoms with Crippen molar-refractivity contribution >= 4 is 0 Å². The van der Waals surface area contributed by atoms with E-state index in [1.165, 1.54) is 13.2 Å². The second-order valence-corrected chi connectivity index (χ2v) is 4.18. The quantitative estimate of drug-likeness (QED) is 0.888. The topological polar surface area (TPSA) is 39.7 Å². The third-order valence-electron chi connectivity index (χ3n) is 2.99. The van der Waals surface area contributed by atoms with Gasteiger partial charge in [0.05, 0.1) is 26.4 Å². The fraction of sp³-hybridized carbons (Fsp3) is 0.538. The Kier molecular flexibility index (Phi) is 4.52. The average molecular weight is 255 g/mol. The summed E-state index contributed by atoms with van der Waals surface area (Å²) in [7, 11) is 3.06. The summed E-state index contributed by atoms with van der Waals surface area (Å²) in [5.74, 6) is -0.143. The molecule has 1 saturated heterocycles. The van der Waals surface area contributed by atoms with E-state index in [-0.39, 0.29) is 17.7 Å². The van der Waals surface area contributed by atoms with Crippen molar-refractivity contribution in [2.45, 2.75) is 12.7 Å². The Bertz CT molecular complexity index is 405. The molecule has 1 aliphatic rings. The summed E-state index contributed by atoms with van der Waals surface area (Å²) in [4.78, 5) is 0. The van der Waals surface area contributed by atoms with Gasteiger partial charge >= 0.3 is 0 Å². The Labute approximate surface area is 106 Å². The van der Waals surface area contributed by atoms with E-state index in [4.69, 9.17) is 14.2 Å². The molecule has 0 spiro atoms. The Morgan fingerprint density at radius 3 is 2.89 bits per heavy atom. The van der Waals surface area contributed by atoms with Crippen LogP contribution in [0.1, 0.15) is 17.2 Å². The first-order valence-electron chi connectivity index (χ1n) is 5.93. The van der Waals surface area contributed by atoms with Gasteiger partial charge in [-0.1, -0.05) is 0 Å². The fourth-order valence-electron chi connectivity index (χ4n) is 2.11. The predicted molar refractivity (Wildman–Crippen MR) is 65.2 cm³/mol. The maximum atomic E-state index is 13.8. The molecule has 0 aromatic heterocycles. The lowest BCUT2D eigenvalue weighted by Gasteiger charge is -2.26. The highest BCUT2D eigenvalue weighted by Crippen LogP contribution is 2.29. The second-order valence-electron chi connectivity index (χ2n) is 4.18. The van der Waals surface area contributed by atoms with Gasteiger partial charge in [0.25, 0.3) is 0 Å². The molecule has 0 radical (unpaired) electrons. The van der Waals surface area contributed by atoms with Crippen LogP contribution in [0.15, 0.2) is 12.1 Å². The monoisotopic (exact) mass is 255 g/mol. The number of nitrogens with one attached hydrogen (secondary N) is 1. The van der Waals surface area contributed by atoms with Crippen LogP contribution in [0, 0.1) is 5.82 Å². The highest BCUT2D eigenvalue weighted by atomic mass is 19.1.